The number of benzene rings is 2. The minimum Gasteiger partial charge on any atom is -1.00 e. The van der Waals surface area contributed by atoms with Gasteiger partial charge in [0.15, 0.2) is 12.4 Å². The van der Waals surface area contributed by atoms with Crippen molar-refractivity contribution in [2.24, 2.45) is 10.2 Å². The molecule has 1 aromatic heterocycles. The van der Waals surface area contributed by atoms with E-state index < -0.39 is 0 Å². The van der Waals surface area contributed by atoms with Gasteiger partial charge in [-0.3, -0.25) is 0 Å². The van der Waals surface area contributed by atoms with Gasteiger partial charge in [0.2, 0.25) is 0 Å². The van der Waals surface area contributed by atoms with Gasteiger partial charge < -0.3 is 31.8 Å². The Bertz CT molecular complexity index is 1160. The summed E-state index contributed by atoms with van der Waals surface area (Å²) in [5, 5.41) is 9.47. The van der Waals surface area contributed by atoms with Gasteiger partial charge >= 0.3 is 5.82 Å². The Morgan fingerprint density at radius 2 is 1.37 bits per heavy atom. The monoisotopic (exact) mass is 535 g/mol. The van der Waals surface area contributed by atoms with Crippen molar-refractivity contribution in [2.75, 3.05) is 51.1 Å². The van der Waals surface area contributed by atoms with Gasteiger partial charge in [0, 0.05) is 64.9 Å². The highest BCUT2D eigenvalue weighted by molar-refractivity contribution is 5.80. The molecule has 0 aliphatic carbocycles. The Morgan fingerprint density at radius 1 is 0.842 bits per heavy atom. The first kappa shape index (κ1) is 28.9. The van der Waals surface area contributed by atoms with Crippen molar-refractivity contribution >= 4 is 29.9 Å². The molecule has 9 heteroatoms. The molecule has 4 rings (SSSR count). The van der Waals surface area contributed by atoms with Gasteiger partial charge in [0.1, 0.15) is 0 Å². The molecule has 2 atom stereocenters. The van der Waals surface area contributed by atoms with Gasteiger partial charge in [-0.25, -0.2) is 0 Å². The predicted octanol–water partition coefficient (Wildman–Crippen LogP) is 0.756. The van der Waals surface area contributed by atoms with Crippen molar-refractivity contribution in [3.05, 3.63) is 84.1 Å². The lowest BCUT2D eigenvalue weighted by atomic mass is 10.2. The van der Waals surface area contributed by atoms with Gasteiger partial charge in [0.25, 0.3) is 0 Å². The lowest BCUT2D eigenvalue weighted by molar-refractivity contribution is -0.679. The number of hydrogen-bond acceptors (Lipinski definition) is 6. The fraction of sp³-hybridized carbons (Fsp3) is 0.345. The molecule has 1 fully saturated rings. The second-order valence-corrected chi connectivity index (χ2v) is 9.83. The zero-order valence-electron chi connectivity index (χ0n) is 23.1. The SMILES string of the molecule is C[C@@H]1CN(/C=C/c2n(/N=C/c3ccc(N(C)C)cc3)cc[n+]2/N=C/c2ccc(N(C)C)cc2)C[C@H](C)O1.[Cl-]. The molecule has 1 aliphatic heterocycles. The third kappa shape index (κ3) is 7.69. The molecular weight excluding hydrogens is 498 g/mol. The van der Waals surface area contributed by atoms with Crippen LogP contribution in [-0.2, 0) is 4.74 Å². The number of nitrogens with zero attached hydrogens (tertiary/aromatic N) is 7. The van der Waals surface area contributed by atoms with Gasteiger partial charge in [-0.1, -0.05) is 43.8 Å². The Labute approximate surface area is 232 Å². The molecule has 8 nitrogen and oxygen atoms in total. The molecule has 0 bridgehead atoms. The van der Waals surface area contributed by atoms with Crippen molar-refractivity contribution in [3.63, 3.8) is 0 Å². The van der Waals surface area contributed by atoms with Crippen LogP contribution >= 0.6 is 0 Å². The average molecular weight is 536 g/mol. The zero-order valence-corrected chi connectivity index (χ0v) is 23.8. The van der Waals surface area contributed by atoms with Crippen LogP contribution in [0.5, 0.6) is 0 Å². The second-order valence-electron chi connectivity index (χ2n) is 9.83. The van der Waals surface area contributed by atoms with Crippen LogP contribution in [0.15, 0.2) is 77.3 Å². The van der Waals surface area contributed by atoms with Crippen LogP contribution in [0, 0.1) is 0 Å². The molecule has 38 heavy (non-hydrogen) atoms. The number of rotatable bonds is 8. The maximum Gasteiger partial charge on any atom is 0.334 e. The quantitative estimate of drug-likeness (QED) is 0.316. The summed E-state index contributed by atoms with van der Waals surface area (Å²) in [6.45, 7) is 5.92. The van der Waals surface area contributed by atoms with E-state index in [0.717, 1.165) is 41.4 Å². The Kier molecular flexibility index (Phi) is 10.1. The normalized spacial score (nSPS) is 17.9. The van der Waals surface area contributed by atoms with Gasteiger partial charge in [-0.05, 0) is 49.2 Å². The van der Waals surface area contributed by atoms with E-state index >= 15 is 0 Å². The van der Waals surface area contributed by atoms with Crippen LogP contribution in [0.1, 0.15) is 30.8 Å². The van der Waals surface area contributed by atoms with E-state index in [0.29, 0.717) is 0 Å². The van der Waals surface area contributed by atoms with Crippen molar-refractivity contribution in [2.45, 2.75) is 26.1 Å². The van der Waals surface area contributed by atoms with Gasteiger partial charge in [-0.2, -0.15) is 0 Å². The fourth-order valence-electron chi connectivity index (χ4n) is 4.22. The number of imidazole rings is 1. The van der Waals surface area contributed by atoms with Gasteiger partial charge in [-0.15, -0.1) is 0 Å². The summed E-state index contributed by atoms with van der Waals surface area (Å²) in [4.78, 5) is 6.45. The number of hydrogen-bond donors (Lipinski definition) is 0. The molecule has 1 aliphatic rings. The van der Waals surface area contributed by atoms with E-state index in [4.69, 9.17) is 14.9 Å². The highest BCUT2D eigenvalue weighted by Gasteiger charge is 2.21. The number of ether oxygens (including phenoxy) is 1. The maximum absolute atomic E-state index is 5.88. The first-order chi connectivity index (χ1) is 17.8. The van der Waals surface area contributed by atoms with E-state index in [-0.39, 0.29) is 24.6 Å². The number of aromatic nitrogens is 2. The zero-order chi connectivity index (χ0) is 26.4. The summed E-state index contributed by atoms with van der Waals surface area (Å²) in [5.74, 6) is 0.842. The van der Waals surface area contributed by atoms with Crippen LogP contribution in [0.3, 0.4) is 0 Å². The van der Waals surface area contributed by atoms with Crippen LogP contribution in [0.2, 0.25) is 0 Å². The summed E-state index contributed by atoms with van der Waals surface area (Å²) in [7, 11) is 8.14. The Balaban J connectivity index is 0.00000400. The number of morpholine rings is 1. The third-order valence-corrected chi connectivity index (χ3v) is 6.18. The molecule has 3 aromatic rings. The maximum atomic E-state index is 5.88. The van der Waals surface area contributed by atoms with E-state index in [1.807, 2.05) is 62.4 Å². The standard InChI is InChI=1S/C29H38N7O.ClH/c1-23-21-34(22-24(2)37-23)16-15-29-35(30-19-25-7-11-27(12-8-25)32(3)4)17-18-36(29)31-20-26-9-13-28(14-10-26)33(5)6;/h7-20,23-24H,21-22H2,1-6H3;1H/q+1;/p-1/b30-19+,31-20+;/t23-,24+;. The molecule has 0 saturated carbocycles. The van der Waals surface area contributed by atoms with E-state index in [9.17, 15) is 0 Å². The summed E-state index contributed by atoms with van der Waals surface area (Å²) >= 11 is 0. The highest BCUT2D eigenvalue weighted by Crippen LogP contribution is 2.14. The second kappa shape index (κ2) is 13.3. The fourth-order valence-corrected chi connectivity index (χ4v) is 4.22. The largest absolute Gasteiger partial charge is 1.00 e. The molecule has 1 saturated heterocycles. The third-order valence-electron chi connectivity index (χ3n) is 6.18. The van der Waals surface area contributed by atoms with E-state index in [2.05, 4.69) is 89.4 Å². The van der Waals surface area contributed by atoms with E-state index in [1.165, 1.54) is 0 Å². The summed E-state index contributed by atoms with van der Waals surface area (Å²) in [6, 6.07) is 16.6. The Hall–Kier alpha value is -3.62. The first-order valence-electron chi connectivity index (χ1n) is 12.6. The molecule has 0 spiro atoms. The predicted molar refractivity (Wildman–Crippen MR) is 153 cm³/mol. The minimum absolute atomic E-state index is 0. The molecule has 202 valence electrons. The number of anilines is 2. The molecule has 0 N–H and O–H groups in total. The lowest BCUT2D eigenvalue weighted by Gasteiger charge is -2.34. The van der Waals surface area contributed by atoms with Crippen molar-refractivity contribution in [1.82, 2.24) is 9.58 Å². The average Bonchev–Trinajstić information content (AvgIpc) is 3.26. The molecule has 0 unspecified atom stereocenters. The van der Waals surface area contributed by atoms with E-state index in [1.54, 1.807) is 0 Å². The topological polar surface area (TPSA) is 52.5 Å². The molecular formula is C29H38ClN7O. The lowest BCUT2D eigenvalue weighted by Crippen LogP contribution is -3.00. The number of halogens is 1. The smallest absolute Gasteiger partial charge is 0.334 e. The van der Waals surface area contributed by atoms with Crippen LogP contribution in [0.4, 0.5) is 11.4 Å². The van der Waals surface area contributed by atoms with Gasteiger partial charge in [0.05, 0.1) is 24.6 Å². The highest BCUT2D eigenvalue weighted by atomic mass is 35.5. The first-order valence-corrected chi connectivity index (χ1v) is 12.6. The molecule has 2 aromatic carbocycles. The summed E-state index contributed by atoms with van der Waals surface area (Å²) in [5.41, 5.74) is 4.37. The molecule has 0 radical (unpaired) electrons. The van der Waals surface area contributed by atoms with Crippen molar-refractivity contribution < 1.29 is 21.8 Å². The molecule has 0 amide bonds. The van der Waals surface area contributed by atoms with Crippen LogP contribution in [0.25, 0.3) is 6.08 Å². The minimum atomic E-state index is 0. The van der Waals surface area contributed by atoms with Crippen molar-refractivity contribution in [3.8, 4) is 0 Å². The van der Waals surface area contributed by atoms with Crippen LogP contribution < -0.4 is 26.9 Å². The summed E-state index contributed by atoms with van der Waals surface area (Å²) in [6.07, 6.45) is 12.1. The van der Waals surface area contributed by atoms with Crippen LogP contribution in [-0.4, -0.2) is 75.5 Å². The Morgan fingerprint density at radius 3 is 1.89 bits per heavy atom. The molecule has 2 heterocycles. The summed E-state index contributed by atoms with van der Waals surface area (Å²) < 4.78 is 9.57. The van der Waals surface area contributed by atoms with Crippen molar-refractivity contribution in [1.29, 1.82) is 0 Å².